The molecule has 2 unspecified atom stereocenters. The molecule has 0 radical (unpaired) electrons. The van der Waals surface area contributed by atoms with Crippen molar-refractivity contribution in [2.75, 3.05) is 49.1 Å². The van der Waals surface area contributed by atoms with Crippen LogP contribution in [0.1, 0.15) is 17.7 Å². The number of aliphatic carboxylic acids is 1. The highest BCUT2D eigenvalue weighted by Crippen LogP contribution is 2.41. The molecule has 2 atom stereocenters. The van der Waals surface area contributed by atoms with Gasteiger partial charge in [0.1, 0.15) is 5.75 Å². The van der Waals surface area contributed by atoms with Crippen LogP contribution < -0.4 is 26.1 Å². The minimum atomic E-state index is -1.08. The van der Waals surface area contributed by atoms with Gasteiger partial charge >= 0.3 is 5.97 Å². The maximum absolute atomic E-state index is 10.7. The van der Waals surface area contributed by atoms with Crippen LogP contribution in [-0.2, 0) is 4.79 Å². The average Bonchev–Trinajstić information content (AvgIpc) is 3.16. The Labute approximate surface area is 206 Å². The van der Waals surface area contributed by atoms with Crippen molar-refractivity contribution >= 4 is 45.6 Å². The average molecular weight is 506 g/mol. The van der Waals surface area contributed by atoms with Gasteiger partial charge < -0.3 is 25.4 Å². The summed E-state index contributed by atoms with van der Waals surface area (Å²) in [5, 5.41) is 15.1. The molecule has 0 amide bonds. The smallest absolute Gasteiger partial charge is 0.326 e. The number of thiazole rings is 1. The number of anilines is 2. The van der Waals surface area contributed by atoms with Gasteiger partial charge in [0, 0.05) is 43.0 Å². The van der Waals surface area contributed by atoms with Gasteiger partial charge in [0.25, 0.3) is 0 Å². The molecule has 2 aliphatic heterocycles. The fourth-order valence-electron chi connectivity index (χ4n) is 4.59. The van der Waals surface area contributed by atoms with E-state index in [1.54, 1.807) is 6.20 Å². The van der Waals surface area contributed by atoms with E-state index in [4.69, 9.17) is 33.0 Å². The first-order chi connectivity index (χ1) is 16.4. The number of hydrazone groups is 1. The Kier molecular flexibility index (Phi) is 6.41. The zero-order valence-corrected chi connectivity index (χ0v) is 20.2. The van der Waals surface area contributed by atoms with E-state index in [2.05, 4.69) is 19.9 Å². The third-order valence-corrected chi connectivity index (χ3v) is 7.79. The van der Waals surface area contributed by atoms with E-state index < -0.39 is 12.5 Å². The minimum absolute atomic E-state index is 0.151. The molecule has 5 N–H and O–H groups in total. The second kappa shape index (κ2) is 9.47. The number of amidine groups is 1. The van der Waals surface area contributed by atoms with E-state index in [0.717, 1.165) is 59.5 Å². The van der Waals surface area contributed by atoms with E-state index in [1.807, 2.05) is 18.2 Å². The van der Waals surface area contributed by atoms with Crippen LogP contribution in [0, 0.1) is 17.8 Å². The van der Waals surface area contributed by atoms with Crippen LogP contribution >= 0.6 is 22.9 Å². The Morgan fingerprint density at radius 1 is 1.26 bits per heavy atom. The summed E-state index contributed by atoms with van der Waals surface area (Å²) in [5.74, 6) is 7.28. The number of carbonyl (C=O) groups is 1. The molecule has 1 aromatic heterocycles. The van der Waals surface area contributed by atoms with E-state index in [0.29, 0.717) is 22.6 Å². The molecule has 3 aliphatic rings. The molecule has 0 bridgehead atoms. The predicted octanol–water partition coefficient (Wildman–Crippen LogP) is 2.04. The highest BCUT2D eigenvalue weighted by Gasteiger charge is 2.41. The topological polar surface area (TPSA) is 134 Å². The molecule has 0 spiro atoms. The first-order valence-corrected chi connectivity index (χ1v) is 12.5. The summed E-state index contributed by atoms with van der Waals surface area (Å²) in [6.07, 6.45) is 4.17. The van der Waals surface area contributed by atoms with Crippen LogP contribution in [0.15, 0.2) is 29.5 Å². The van der Waals surface area contributed by atoms with Crippen LogP contribution in [0.3, 0.4) is 0 Å². The molecule has 2 saturated heterocycles. The second-order valence-corrected chi connectivity index (χ2v) is 10.6. The van der Waals surface area contributed by atoms with Crippen LogP contribution in [0.2, 0.25) is 5.02 Å². The summed E-state index contributed by atoms with van der Waals surface area (Å²) in [7, 11) is 0. The van der Waals surface area contributed by atoms with Crippen molar-refractivity contribution in [1.29, 1.82) is 0 Å². The number of aromatic nitrogens is 1. The van der Waals surface area contributed by atoms with E-state index in [-0.39, 0.29) is 5.84 Å². The number of fused-ring (bicyclic) bond motifs is 1. The molecule has 34 heavy (non-hydrogen) atoms. The van der Waals surface area contributed by atoms with E-state index in [1.165, 1.54) is 24.2 Å². The summed E-state index contributed by atoms with van der Waals surface area (Å²) < 4.78 is 6.13. The van der Waals surface area contributed by atoms with Crippen molar-refractivity contribution in [3.05, 3.63) is 34.3 Å². The molecule has 12 heteroatoms. The molecule has 182 valence electrons. The highest BCUT2D eigenvalue weighted by atomic mass is 35.5. The number of benzene rings is 1. The van der Waals surface area contributed by atoms with Crippen molar-refractivity contribution in [2.24, 2.45) is 34.4 Å². The number of hydrogen-bond donors (Lipinski definition) is 3. The van der Waals surface area contributed by atoms with Crippen molar-refractivity contribution in [1.82, 2.24) is 10.1 Å². The number of carboxylic acid groups (broad SMARTS) is 1. The number of halogens is 1. The zero-order chi connectivity index (χ0) is 23.8. The summed E-state index contributed by atoms with van der Waals surface area (Å²) in [6, 6.07) is 5.90. The lowest BCUT2D eigenvalue weighted by Crippen LogP contribution is -2.33. The Morgan fingerprint density at radius 3 is 2.65 bits per heavy atom. The summed E-state index contributed by atoms with van der Waals surface area (Å²) >= 11 is 7.75. The fourth-order valence-corrected chi connectivity index (χ4v) is 5.59. The van der Waals surface area contributed by atoms with E-state index >= 15 is 0 Å². The van der Waals surface area contributed by atoms with Gasteiger partial charge in [-0.25, -0.2) is 15.9 Å². The lowest BCUT2D eigenvalue weighted by Gasteiger charge is -2.25. The second-order valence-electron chi connectivity index (χ2n) is 9.18. The van der Waals surface area contributed by atoms with Crippen LogP contribution in [0.5, 0.6) is 5.75 Å². The zero-order valence-electron chi connectivity index (χ0n) is 18.6. The number of ether oxygens (including phenoxy) is 1. The van der Waals surface area contributed by atoms with Gasteiger partial charge in [-0.1, -0.05) is 22.9 Å². The van der Waals surface area contributed by atoms with Gasteiger partial charge in [0.05, 0.1) is 23.4 Å². The van der Waals surface area contributed by atoms with Crippen LogP contribution in [0.25, 0.3) is 0 Å². The minimum Gasteiger partial charge on any atom is -0.491 e. The number of nitrogens with two attached hydrogens (primary N) is 2. The van der Waals surface area contributed by atoms with Crippen molar-refractivity contribution in [3.63, 3.8) is 0 Å². The number of carboxylic acids is 1. The summed E-state index contributed by atoms with van der Waals surface area (Å²) in [5.41, 5.74) is 7.08. The largest absolute Gasteiger partial charge is 0.491 e. The first-order valence-electron chi connectivity index (χ1n) is 11.3. The molecule has 1 aromatic carbocycles. The van der Waals surface area contributed by atoms with Gasteiger partial charge in [-0.15, -0.1) is 5.10 Å². The summed E-state index contributed by atoms with van der Waals surface area (Å²) in [6.45, 7) is 4.05. The molecule has 1 saturated carbocycles. The SMILES string of the molecule is N/C(=N\N(N)CC(=O)O)c1cnc(N2CC3CN(c4cc(Cl)ccc4OCC4CC4)CC3C2)s1. The lowest BCUT2D eigenvalue weighted by atomic mass is 10.0. The molecule has 3 fully saturated rings. The van der Waals surface area contributed by atoms with Crippen molar-refractivity contribution in [2.45, 2.75) is 12.8 Å². The Morgan fingerprint density at radius 2 is 1.97 bits per heavy atom. The van der Waals surface area contributed by atoms with Gasteiger partial charge in [0.2, 0.25) is 0 Å². The molecular weight excluding hydrogens is 478 g/mol. The fraction of sp³-hybridized carbons (Fsp3) is 0.500. The third-order valence-electron chi connectivity index (χ3n) is 6.47. The van der Waals surface area contributed by atoms with Gasteiger partial charge in [-0.05, 0) is 37.0 Å². The van der Waals surface area contributed by atoms with E-state index in [9.17, 15) is 4.79 Å². The number of rotatable bonds is 9. The molecule has 10 nitrogen and oxygen atoms in total. The number of hydrazine groups is 1. The van der Waals surface area contributed by atoms with Crippen molar-refractivity contribution < 1.29 is 14.6 Å². The maximum Gasteiger partial charge on any atom is 0.326 e. The van der Waals surface area contributed by atoms with Gasteiger partial charge in [0.15, 0.2) is 17.5 Å². The molecule has 2 aromatic rings. The molecular formula is C22H28ClN7O3S. The van der Waals surface area contributed by atoms with Gasteiger partial charge in [-0.2, -0.15) is 0 Å². The Bertz CT molecular complexity index is 1080. The quantitative estimate of drug-likeness (QED) is 0.202. The highest BCUT2D eigenvalue weighted by molar-refractivity contribution is 7.17. The molecule has 5 rings (SSSR count). The van der Waals surface area contributed by atoms with Crippen LogP contribution in [0.4, 0.5) is 10.8 Å². The van der Waals surface area contributed by atoms with Crippen molar-refractivity contribution in [3.8, 4) is 5.75 Å². The standard InChI is InChI=1S/C22H28ClN7O3S/c23-16-3-4-18(33-12-13-1-2-13)17(5-16)28-7-14-9-29(10-15(14)8-28)22-26-6-19(34-22)21(24)27-30(25)11-20(31)32/h3-6,13-15H,1-2,7-12,25H2,(H2,24,27)(H,31,32). The summed E-state index contributed by atoms with van der Waals surface area (Å²) in [4.78, 5) is 20.6. The predicted molar refractivity (Wildman–Crippen MR) is 132 cm³/mol. The number of hydrogen-bond acceptors (Lipinski definition) is 9. The lowest BCUT2D eigenvalue weighted by molar-refractivity contribution is -0.138. The third kappa shape index (κ3) is 5.16. The normalized spacial score (nSPS) is 22.2. The number of nitrogens with zero attached hydrogens (tertiary/aromatic N) is 5. The molecule has 1 aliphatic carbocycles. The molecule has 3 heterocycles. The van der Waals surface area contributed by atoms with Gasteiger partial charge in [-0.3, -0.25) is 4.79 Å². The Hall–Kier alpha value is -2.76. The maximum atomic E-state index is 10.7. The van der Waals surface area contributed by atoms with Crippen LogP contribution in [-0.4, -0.2) is 66.3 Å². The monoisotopic (exact) mass is 505 g/mol. The first kappa shape index (κ1) is 23.0. The Balaban J connectivity index is 1.21.